The Hall–Kier alpha value is -1.41. The lowest BCUT2D eigenvalue weighted by Gasteiger charge is -2.34. The largest absolute Gasteiger partial charge is 0.478 e. The van der Waals surface area contributed by atoms with E-state index in [0.29, 0.717) is 0 Å². The van der Waals surface area contributed by atoms with E-state index in [1.807, 2.05) is 0 Å². The molecule has 5 N–H and O–H groups in total. The second-order valence-electron chi connectivity index (χ2n) is 3.27. The Kier molecular flexibility index (Phi) is 5.83. The maximum atomic E-state index is 11.0. The van der Waals surface area contributed by atoms with Crippen LogP contribution in [0.5, 0.6) is 0 Å². The number of hydrogen-bond donors (Lipinski definition) is 5. The zero-order chi connectivity index (χ0) is 13.6. The zero-order valence-electron chi connectivity index (χ0n) is 9.06. The quantitative estimate of drug-likeness (QED) is 0.254. The van der Waals surface area contributed by atoms with Crippen LogP contribution in [0, 0.1) is 0 Å². The molecule has 0 aliphatic carbocycles. The van der Waals surface area contributed by atoms with Gasteiger partial charge in [0.25, 0.3) is 0 Å². The van der Waals surface area contributed by atoms with E-state index in [1.54, 1.807) is 0 Å². The normalized spacial score (nSPS) is 19.5. The van der Waals surface area contributed by atoms with Gasteiger partial charge in [-0.3, -0.25) is 0 Å². The first kappa shape index (κ1) is 15.6. The molecule has 0 amide bonds. The first-order valence-electron chi connectivity index (χ1n) is 4.68. The molecule has 0 heterocycles. The highest BCUT2D eigenvalue weighted by molar-refractivity contribution is 5.81. The Bertz CT molecular complexity index is 290. The van der Waals surface area contributed by atoms with Gasteiger partial charge in [-0.2, -0.15) is 0 Å². The van der Waals surface area contributed by atoms with Crippen molar-refractivity contribution in [3.63, 3.8) is 0 Å². The summed E-state index contributed by atoms with van der Waals surface area (Å²) in [6, 6.07) is 0. The van der Waals surface area contributed by atoms with Crippen LogP contribution in [-0.4, -0.2) is 62.0 Å². The van der Waals surface area contributed by atoms with Crippen molar-refractivity contribution in [2.45, 2.75) is 23.9 Å². The fourth-order valence-electron chi connectivity index (χ4n) is 1.21. The van der Waals surface area contributed by atoms with Gasteiger partial charge in [0.1, 0.15) is 18.3 Å². The molecular weight excluding hydrogens is 232 g/mol. The molecule has 0 aliphatic heterocycles. The monoisotopic (exact) mass is 248 g/mol. The van der Waals surface area contributed by atoms with Crippen LogP contribution in [0.25, 0.3) is 0 Å². The van der Waals surface area contributed by atoms with Crippen LogP contribution in [0.1, 0.15) is 0 Å². The SMILES string of the molecule is C=CO[C@@](C=C)(C(=O)O)[C@@H](O)[C@H](O)[C@H](O)CO. The predicted octanol–water partition coefficient (Wildman–Crippen LogP) is -1.77. The molecule has 0 radical (unpaired) electrons. The fraction of sp³-hybridized carbons (Fsp3) is 0.500. The van der Waals surface area contributed by atoms with Gasteiger partial charge in [0, 0.05) is 0 Å². The third-order valence-corrected chi connectivity index (χ3v) is 2.26. The van der Waals surface area contributed by atoms with Crippen molar-refractivity contribution < 1.29 is 35.1 Å². The van der Waals surface area contributed by atoms with Gasteiger partial charge in [-0.1, -0.05) is 13.2 Å². The van der Waals surface area contributed by atoms with Crippen LogP contribution in [0.15, 0.2) is 25.5 Å². The highest BCUT2D eigenvalue weighted by Crippen LogP contribution is 2.23. The molecule has 0 unspecified atom stereocenters. The van der Waals surface area contributed by atoms with Crippen LogP contribution in [0.2, 0.25) is 0 Å². The lowest BCUT2D eigenvalue weighted by molar-refractivity contribution is -0.181. The molecule has 0 spiro atoms. The summed E-state index contributed by atoms with van der Waals surface area (Å²) < 4.78 is 4.66. The lowest BCUT2D eigenvalue weighted by atomic mass is 9.90. The van der Waals surface area contributed by atoms with E-state index >= 15 is 0 Å². The molecule has 4 atom stereocenters. The Morgan fingerprint density at radius 2 is 1.88 bits per heavy atom. The van der Waals surface area contributed by atoms with Crippen molar-refractivity contribution in [3.8, 4) is 0 Å². The Balaban J connectivity index is 5.23. The standard InChI is InChI=1S/C10H16O7/c1-3-10(9(15)16,17-4-2)8(14)7(13)6(12)5-11/h3-4,6-8,11-14H,1-2,5H2,(H,15,16)/t6-,7-,8+,10-/m1/s1. The molecule has 98 valence electrons. The second kappa shape index (κ2) is 6.36. The highest BCUT2D eigenvalue weighted by atomic mass is 16.5. The molecule has 7 nitrogen and oxygen atoms in total. The number of rotatable bonds is 8. The van der Waals surface area contributed by atoms with Gasteiger partial charge in [-0.15, -0.1) is 0 Å². The molecule has 0 aromatic carbocycles. The minimum Gasteiger partial charge on any atom is -0.478 e. The lowest BCUT2D eigenvalue weighted by Crippen LogP contribution is -2.57. The number of carbonyl (C=O) groups is 1. The average Bonchev–Trinajstić information content (AvgIpc) is 2.32. The summed E-state index contributed by atoms with van der Waals surface area (Å²) in [5.74, 6) is -1.62. The third-order valence-electron chi connectivity index (χ3n) is 2.26. The molecule has 0 saturated heterocycles. The smallest absolute Gasteiger partial charge is 0.355 e. The molecule has 0 bridgehead atoms. The summed E-state index contributed by atoms with van der Waals surface area (Å²) >= 11 is 0. The minimum atomic E-state index is -2.35. The molecule has 0 aromatic heterocycles. The second-order valence-corrected chi connectivity index (χ2v) is 3.27. The topological polar surface area (TPSA) is 127 Å². The molecule has 0 aliphatic rings. The predicted molar refractivity (Wildman–Crippen MR) is 57.0 cm³/mol. The molecule has 0 aromatic rings. The molecule has 0 rings (SSSR count). The van der Waals surface area contributed by atoms with Gasteiger partial charge in [0.05, 0.1) is 12.9 Å². The number of hydrogen-bond acceptors (Lipinski definition) is 6. The first-order chi connectivity index (χ1) is 7.87. The Morgan fingerprint density at radius 1 is 1.35 bits per heavy atom. The van der Waals surface area contributed by atoms with E-state index in [9.17, 15) is 15.0 Å². The van der Waals surface area contributed by atoms with E-state index in [-0.39, 0.29) is 0 Å². The van der Waals surface area contributed by atoms with Crippen molar-refractivity contribution in [1.82, 2.24) is 0 Å². The summed E-state index contributed by atoms with van der Waals surface area (Å²) in [6.45, 7) is 5.49. The Labute approximate surface area is 97.9 Å². The number of carboxylic acids is 1. The number of ether oxygens (including phenoxy) is 1. The summed E-state index contributed by atoms with van der Waals surface area (Å²) in [5, 5.41) is 45.8. The minimum absolute atomic E-state index is 0.759. The van der Waals surface area contributed by atoms with E-state index in [1.165, 1.54) is 0 Å². The first-order valence-corrected chi connectivity index (χ1v) is 4.68. The number of aliphatic hydroxyl groups is 4. The summed E-state index contributed by atoms with van der Waals surface area (Å²) in [4.78, 5) is 11.0. The van der Waals surface area contributed by atoms with E-state index in [2.05, 4.69) is 17.9 Å². The fourth-order valence-corrected chi connectivity index (χ4v) is 1.21. The number of carboxylic acid groups (broad SMARTS) is 1. The van der Waals surface area contributed by atoms with Crippen molar-refractivity contribution >= 4 is 5.97 Å². The van der Waals surface area contributed by atoms with Gasteiger partial charge < -0.3 is 30.3 Å². The van der Waals surface area contributed by atoms with Crippen LogP contribution in [0.3, 0.4) is 0 Å². The zero-order valence-corrected chi connectivity index (χ0v) is 9.06. The summed E-state index contributed by atoms with van der Waals surface area (Å²) in [7, 11) is 0. The van der Waals surface area contributed by atoms with Crippen molar-refractivity contribution in [1.29, 1.82) is 0 Å². The molecule has 7 heteroatoms. The third kappa shape index (κ3) is 3.04. The van der Waals surface area contributed by atoms with Crippen LogP contribution in [-0.2, 0) is 9.53 Å². The van der Waals surface area contributed by atoms with Gasteiger partial charge in [-0.25, -0.2) is 4.79 Å². The molecular formula is C10H16O7. The number of aliphatic carboxylic acids is 1. The van der Waals surface area contributed by atoms with Crippen LogP contribution in [0.4, 0.5) is 0 Å². The molecule has 0 fully saturated rings. The van der Waals surface area contributed by atoms with Gasteiger partial charge in [-0.05, 0) is 6.08 Å². The maximum Gasteiger partial charge on any atom is 0.355 e. The van der Waals surface area contributed by atoms with Gasteiger partial charge >= 0.3 is 5.97 Å². The van der Waals surface area contributed by atoms with E-state index in [4.69, 9.17) is 15.3 Å². The van der Waals surface area contributed by atoms with Crippen LogP contribution < -0.4 is 0 Å². The Morgan fingerprint density at radius 3 is 2.18 bits per heavy atom. The van der Waals surface area contributed by atoms with E-state index in [0.717, 1.165) is 12.3 Å². The summed E-state index contributed by atoms with van der Waals surface area (Å²) in [5.41, 5.74) is -2.35. The van der Waals surface area contributed by atoms with Crippen LogP contribution >= 0.6 is 0 Å². The maximum absolute atomic E-state index is 11.0. The van der Waals surface area contributed by atoms with Crippen molar-refractivity contribution in [2.24, 2.45) is 0 Å². The van der Waals surface area contributed by atoms with E-state index < -0.39 is 36.5 Å². The number of aliphatic hydroxyl groups excluding tert-OH is 4. The molecule has 17 heavy (non-hydrogen) atoms. The molecule has 0 saturated carbocycles. The summed E-state index contributed by atoms with van der Waals surface area (Å²) in [6.07, 6.45) is -4.14. The van der Waals surface area contributed by atoms with Crippen molar-refractivity contribution in [3.05, 3.63) is 25.5 Å². The van der Waals surface area contributed by atoms with Gasteiger partial charge in [0.15, 0.2) is 0 Å². The van der Waals surface area contributed by atoms with Gasteiger partial charge in [0.2, 0.25) is 5.60 Å². The average molecular weight is 248 g/mol. The highest BCUT2D eigenvalue weighted by Gasteiger charge is 2.49. The van der Waals surface area contributed by atoms with Crippen molar-refractivity contribution in [2.75, 3.05) is 6.61 Å².